The third kappa shape index (κ3) is 3.44. The number of carbonyl (C=O) groups excluding carboxylic acids is 1. The van der Waals surface area contributed by atoms with E-state index in [-0.39, 0.29) is 17.1 Å². The highest BCUT2D eigenvalue weighted by Crippen LogP contribution is 2.18. The third-order valence-corrected chi connectivity index (χ3v) is 3.49. The zero-order chi connectivity index (χ0) is 13.8. The zero-order valence-corrected chi connectivity index (χ0v) is 11.8. The van der Waals surface area contributed by atoms with Crippen LogP contribution in [0.3, 0.4) is 0 Å². The molecule has 0 saturated heterocycles. The van der Waals surface area contributed by atoms with Gasteiger partial charge >= 0.3 is 0 Å². The van der Waals surface area contributed by atoms with Crippen LogP contribution >= 0.6 is 22.9 Å². The summed E-state index contributed by atoms with van der Waals surface area (Å²) < 4.78 is 0. The van der Waals surface area contributed by atoms with Gasteiger partial charge in [-0.25, -0.2) is 10.8 Å². The molecule has 19 heavy (non-hydrogen) atoms. The van der Waals surface area contributed by atoms with Crippen LogP contribution in [0.15, 0.2) is 29.0 Å². The molecule has 0 aliphatic carbocycles. The number of nitrogens with one attached hydrogen (secondary N) is 2. The van der Waals surface area contributed by atoms with E-state index in [0.29, 0.717) is 11.4 Å². The van der Waals surface area contributed by atoms with E-state index in [2.05, 4.69) is 15.7 Å². The molecule has 1 amide bonds. The van der Waals surface area contributed by atoms with E-state index < -0.39 is 0 Å². The molecular formula is C12H13ClN4OS. The van der Waals surface area contributed by atoms with Crippen LogP contribution in [0.4, 0.5) is 5.82 Å². The predicted octanol–water partition coefficient (Wildman–Crippen LogP) is 2.57. The first-order valence-corrected chi connectivity index (χ1v) is 6.89. The highest BCUT2D eigenvalue weighted by atomic mass is 35.5. The molecule has 0 aliphatic heterocycles. The van der Waals surface area contributed by atoms with Gasteiger partial charge in [0.25, 0.3) is 5.91 Å². The molecule has 0 bridgehead atoms. The van der Waals surface area contributed by atoms with Crippen LogP contribution in [0.2, 0.25) is 5.15 Å². The zero-order valence-electron chi connectivity index (χ0n) is 10.2. The number of nitrogen functional groups attached to an aromatic ring is 1. The minimum atomic E-state index is -0.223. The monoisotopic (exact) mass is 296 g/mol. The summed E-state index contributed by atoms with van der Waals surface area (Å²) in [4.78, 5) is 16.0. The van der Waals surface area contributed by atoms with E-state index in [1.807, 2.05) is 23.8 Å². The number of hydrazine groups is 1. The van der Waals surface area contributed by atoms with E-state index in [0.717, 1.165) is 5.56 Å². The number of aromatic nitrogens is 1. The van der Waals surface area contributed by atoms with Gasteiger partial charge in [0, 0.05) is 5.56 Å². The maximum Gasteiger partial charge on any atom is 0.251 e. The Balaban J connectivity index is 2.13. The van der Waals surface area contributed by atoms with Crippen LogP contribution in [0, 0.1) is 0 Å². The Morgan fingerprint density at radius 3 is 2.95 bits per heavy atom. The molecule has 1 unspecified atom stereocenters. The van der Waals surface area contributed by atoms with Gasteiger partial charge in [0.15, 0.2) is 0 Å². The van der Waals surface area contributed by atoms with Gasteiger partial charge in [0.1, 0.15) is 11.0 Å². The third-order valence-electron chi connectivity index (χ3n) is 2.59. The Kier molecular flexibility index (Phi) is 4.36. The van der Waals surface area contributed by atoms with Crippen molar-refractivity contribution in [3.05, 3.63) is 45.2 Å². The largest absolute Gasteiger partial charge is 0.345 e. The number of anilines is 1. The van der Waals surface area contributed by atoms with Crippen molar-refractivity contribution >= 4 is 34.7 Å². The van der Waals surface area contributed by atoms with E-state index in [1.165, 1.54) is 6.07 Å². The number of rotatable bonds is 4. The van der Waals surface area contributed by atoms with Gasteiger partial charge in [-0.2, -0.15) is 11.3 Å². The fourth-order valence-electron chi connectivity index (χ4n) is 1.59. The number of nitrogens with zero attached hydrogens (tertiary/aromatic N) is 1. The lowest BCUT2D eigenvalue weighted by Gasteiger charge is -2.13. The summed E-state index contributed by atoms with van der Waals surface area (Å²) in [5.41, 5.74) is 3.85. The van der Waals surface area contributed by atoms with Crippen molar-refractivity contribution in [2.24, 2.45) is 5.84 Å². The topological polar surface area (TPSA) is 80.0 Å². The second-order valence-corrected chi connectivity index (χ2v) is 5.13. The Labute approximate surface area is 119 Å². The summed E-state index contributed by atoms with van der Waals surface area (Å²) in [7, 11) is 0. The fourth-order valence-corrected chi connectivity index (χ4v) is 2.55. The molecule has 0 aliphatic rings. The first kappa shape index (κ1) is 13.8. The molecule has 0 spiro atoms. The van der Waals surface area contributed by atoms with Crippen LogP contribution < -0.4 is 16.6 Å². The van der Waals surface area contributed by atoms with Crippen LogP contribution in [0.1, 0.15) is 28.9 Å². The number of pyridine rings is 1. The van der Waals surface area contributed by atoms with E-state index in [4.69, 9.17) is 17.4 Å². The van der Waals surface area contributed by atoms with E-state index in [1.54, 1.807) is 17.4 Å². The number of thiophene rings is 1. The number of hydrogen-bond acceptors (Lipinski definition) is 5. The van der Waals surface area contributed by atoms with Gasteiger partial charge in [-0.15, -0.1) is 0 Å². The molecule has 0 saturated carbocycles. The molecule has 2 heterocycles. The molecule has 0 radical (unpaired) electrons. The van der Waals surface area contributed by atoms with Gasteiger partial charge in [-0.1, -0.05) is 11.6 Å². The number of hydrogen-bond donors (Lipinski definition) is 3. The van der Waals surface area contributed by atoms with Crippen molar-refractivity contribution < 1.29 is 4.79 Å². The first-order chi connectivity index (χ1) is 9.10. The Morgan fingerprint density at radius 1 is 1.53 bits per heavy atom. The fraction of sp³-hybridized carbons (Fsp3) is 0.167. The normalized spacial score (nSPS) is 11.9. The molecule has 5 nitrogen and oxygen atoms in total. The van der Waals surface area contributed by atoms with Gasteiger partial charge < -0.3 is 10.7 Å². The van der Waals surface area contributed by atoms with Crippen molar-refractivity contribution in [1.82, 2.24) is 10.3 Å². The van der Waals surface area contributed by atoms with Gasteiger partial charge in [-0.05, 0) is 41.4 Å². The lowest BCUT2D eigenvalue weighted by molar-refractivity contribution is 0.0940. The highest BCUT2D eigenvalue weighted by Gasteiger charge is 2.13. The molecular weight excluding hydrogens is 284 g/mol. The lowest BCUT2D eigenvalue weighted by atomic mass is 10.1. The molecule has 0 aromatic carbocycles. The maximum absolute atomic E-state index is 12.1. The smallest absolute Gasteiger partial charge is 0.251 e. The van der Waals surface area contributed by atoms with E-state index in [9.17, 15) is 4.79 Å². The SMILES string of the molecule is CC(NC(=O)c1cc(Cl)nc(NN)c1)c1ccsc1. The van der Waals surface area contributed by atoms with Crippen LogP contribution in [-0.2, 0) is 0 Å². The van der Waals surface area contributed by atoms with Crippen molar-refractivity contribution in [3.8, 4) is 0 Å². The summed E-state index contributed by atoms with van der Waals surface area (Å²) in [5.74, 6) is 5.39. The average Bonchev–Trinajstić information content (AvgIpc) is 2.91. The van der Waals surface area contributed by atoms with Crippen molar-refractivity contribution in [1.29, 1.82) is 0 Å². The number of amides is 1. The molecule has 0 fully saturated rings. The summed E-state index contributed by atoms with van der Waals surface area (Å²) in [5, 5.41) is 7.07. The summed E-state index contributed by atoms with van der Waals surface area (Å²) in [6, 6.07) is 4.95. The minimum absolute atomic E-state index is 0.0695. The molecule has 100 valence electrons. The molecule has 2 aromatic rings. The Bertz CT molecular complexity index is 573. The van der Waals surface area contributed by atoms with Crippen molar-refractivity contribution in [3.63, 3.8) is 0 Å². The molecule has 2 rings (SSSR count). The number of halogens is 1. The maximum atomic E-state index is 12.1. The molecule has 2 aromatic heterocycles. The van der Waals surface area contributed by atoms with Gasteiger partial charge in [-0.3, -0.25) is 4.79 Å². The van der Waals surface area contributed by atoms with Gasteiger partial charge in [0.05, 0.1) is 6.04 Å². The summed E-state index contributed by atoms with van der Waals surface area (Å²) >= 11 is 7.41. The molecule has 1 atom stereocenters. The predicted molar refractivity (Wildman–Crippen MR) is 77.3 cm³/mol. The highest BCUT2D eigenvalue weighted by molar-refractivity contribution is 7.07. The number of nitrogens with two attached hydrogens (primary N) is 1. The van der Waals surface area contributed by atoms with Crippen LogP contribution in [0.25, 0.3) is 0 Å². The lowest BCUT2D eigenvalue weighted by Crippen LogP contribution is -2.26. The second-order valence-electron chi connectivity index (χ2n) is 3.96. The van der Waals surface area contributed by atoms with Crippen molar-refractivity contribution in [2.75, 3.05) is 5.43 Å². The summed E-state index contributed by atoms with van der Waals surface area (Å²) in [6.07, 6.45) is 0. The quantitative estimate of drug-likeness (QED) is 0.460. The first-order valence-electron chi connectivity index (χ1n) is 5.57. The summed E-state index contributed by atoms with van der Waals surface area (Å²) in [6.45, 7) is 1.92. The van der Waals surface area contributed by atoms with Gasteiger partial charge in [0.2, 0.25) is 0 Å². The van der Waals surface area contributed by atoms with Crippen LogP contribution in [0.5, 0.6) is 0 Å². The second kappa shape index (κ2) is 6.01. The Hall–Kier alpha value is -1.63. The molecule has 4 N–H and O–H groups in total. The number of carbonyl (C=O) groups is 1. The standard InChI is InChI=1S/C12H13ClN4OS/c1-7(8-2-3-19-6-8)15-12(18)9-4-10(13)16-11(5-9)17-14/h2-7H,14H2,1H3,(H,15,18)(H,16,17). The Morgan fingerprint density at radius 2 is 2.32 bits per heavy atom. The average molecular weight is 297 g/mol. The minimum Gasteiger partial charge on any atom is -0.345 e. The van der Waals surface area contributed by atoms with E-state index >= 15 is 0 Å². The van der Waals surface area contributed by atoms with Crippen molar-refractivity contribution in [2.45, 2.75) is 13.0 Å². The van der Waals surface area contributed by atoms with Crippen LogP contribution in [-0.4, -0.2) is 10.9 Å². The molecule has 7 heteroatoms.